The normalized spacial score (nSPS) is 10.5. The van der Waals surface area contributed by atoms with Gasteiger partial charge in [0.1, 0.15) is 11.6 Å². The van der Waals surface area contributed by atoms with Gasteiger partial charge in [0.25, 0.3) is 0 Å². The van der Waals surface area contributed by atoms with Gasteiger partial charge < -0.3 is 10.5 Å². The predicted molar refractivity (Wildman–Crippen MR) is 97.1 cm³/mol. The minimum Gasteiger partial charge on any atom is -0.494 e. The molecular formula is C20H26N2O. The first-order valence-electron chi connectivity index (χ1n) is 8.38. The molecular weight excluding hydrogens is 284 g/mol. The van der Waals surface area contributed by atoms with Crippen molar-refractivity contribution in [1.82, 2.24) is 0 Å². The van der Waals surface area contributed by atoms with E-state index in [0.29, 0.717) is 0 Å². The summed E-state index contributed by atoms with van der Waals surface area (Å²) in [5, 5.41) is 7.42. The Balaban J connectivity index is 1.85. The Bertz CT molecular complexity index is 603. The van der Waals surface area contributed by atoms with Crippen LogP contribution in [-0.4, -0.2) is 12.4 Å². The van der Waals surface area contributed by atoms with Crippen LogP contribution in [0.4, 0.5) is 0 Å². The third-order valence-electron chi connectivity index (χ3n) is 3.90. The van der Waals surface area contributed by atoms with Crippen LogP contribution >= 0.6 is 0 Å². The van der Waals surface area contributed by atoms with Crippen molar-refractivity contribution in [3.63, 3.8) is 0 Å². The van der Waals surface area contributed by atoms with Crippen molar-refractivity contribution in [2.45, 2.75) is 39.0 Å². The highest BCUT2D eigenvalue weighted by atomic mass is 16.5. The predicted octanol–water partition coefficient (Wildman–Crippen LogP) is 4.99. The number of ether oxygens (including phenoxy) is 1. The van der Waals surface area contributed by atoms with Gasteiger partial charge in [0.05, 0.1) is 6.61 Å². The fraction of sp³-hybridized carbons (Fsp3) is 0.350. The molecule has 0 unspecified atom stereocenters. The second-order valence-electron chi connectivity index (χ2n) is 5.78. The van der Waals surface area contributed by atoms with Crippen LogP contribution < -0.4 is 10.5 Å². The van der Waals surface area contributed by atoms with Crippen molar-refractivity contribution in [3.8, 4) is 16.9 Å². The van der Waals surface area contributed by atoms with E-state index in [1.165, 1.54) is 25.7 Å². The molecule has 0 spiro atoms. The number of amidine groups is 1. The van der Waals surface area contributed by atoms with Gasteiger partial charge in [-0.2, -0.15) is 0 Å². The Morgan fingerprint density at radius 3 is 2.00 bits per heavy atom. The smallest absolute Gasteiger partial charge is 0.122 e. The van der Waals surface area contributed by atoms with E-state index in [1.54, 1.807) is 0 Å². The van der Waals surface area contributed by atoms with Gasteiger partial charge in [-0.1, -0.05) is 69.0 Å². The number of nitrogens with two attached hydrogens (primary N) is 1. The summed E-state index contributed by atoms with van der Waals surface area (Å²) in [7, 11) is 0. The zero-order valence-electron chi connectivity index (χ0n) is 13.8. The molecule has 0 aliphatic carbocycles. The van der Waals surface area contributed by atoms with Gasteiger partial charge in [0.2, 0.25) is 0 Å². The lowest BCUT2D eigenvalue weighted by atomic mass is 10.0. The largest absolute Gasteiger partial charge is 0.494 e. The first kappa shape index (κ1) is 17.1. The van der Waals surface area contributed by atoms with Gasteiger partial charge in [-0.25, -0.2) is 0 Å². The van der Waals surface area contributed by atoms with Gasteiger partial charge in [0.15, 0.2) is 0 Å². The van der Waals surface area contributed by atoms with E-state index in [4.69, 9.17) is 15.9 Å². The number of benzene rings is 2. The fourth-order valence-corrected chi connectivity index (χ4v) is 2.48. The zero-order valence-corrected chi connectivity index (χ0v) is 13.8. The SMILES string of the molecule is CCCCCCCOc1ccc(-c2ccc(C(=N)N)cc2)cc1. The highest BCUT2D eigenvalue weighted by Crippen LogP contribution is 2.23. The van der Waals surface area contributed by atoms with Crippen LogP contribution in [0.5, 0.6) is 5.75 Å². The molecule has 0 aliphatic rings. The van der Waals surface area contributed by atoms with E-state index in [9.17, 15) is 0 Å². The van der Waals surface area contributed by atoms with E-state index in [0.717, 1.165) is 35.5 Å². The van der Waals surface area contributed by atoms with Crippen LogP contribution in [0, 0.1) is 5.41 Å². The van der Waals surface area contributed by atoms with Gasteiger partial charge >= 0.3 is 0 Å². The van der Waals surface area contributed by atoms with Crippen molar-refractivity contribution in [1.29, 1.82) is 5.41 Å². The van der Waals surface area contributed by atoms with Crippen molar-refractivity contribution in [2.24, 2.45) is 5.73 Å². The minimum atomic E-state index is 0.0965. The fourth-order valence-electron chi connectivity index (χ4n) is 2.48. The number of hydrogen-bond donors (Lipinski definition) is 2. The van der Waals surface area contributed by atoms with Gasteiger partial charge in [-0.3, -0.25) is 5.41 Å². The number of unbranched alkanes of at least 4 members (excludes halogenated alkanes) is 4. The maximum Gasteiger partial charge on any atom is 0.122 e. The van der Waals surface area contributed by atoms with Crippen molar-refractivity contribution < 1.29 is 4.74 Å². The molecule has 0 aromatic heterocycles. The van der Waals surface area contributed by atoms with Gasteiger partial charge in [-0.15, -0.1) is 0 Å². The average Bonchev–Trinajstić information content (AvgIpc) is 2.58. The number of hydrogen-bond acceptors (Lipinski definition) is 2. The second-order valence-corrected chi connectivity index (χ2v) is 5.78. The molecule has 0 bridgehead atoms. The molecule has 3 nitrogen and oxygen atoms in total. The molecule has 2 aromatic rings. The highest BCUT2D eigenvalue weighted by Gasteiger charge is 2.01. The average molecular weight is 310 g/mol. The molecule has 23 heavy (non-hydrogen) atoms. The molecule has 2 aromatic carbocycles. The van der Waals surface area contributed by atoms with E-state index < -0.39 is 0 Å². The lowest BCUT2D eigenvalue weighted by Gasteiger charge is -2.08. The lowest BCUT2D eigenvalue weighted by molar-refractivity contribution is 0.304. The minimum absolute atomic E-state index is 0.0965. The molecule has 0 amide bonds. The molecule has 0 atom stereocenters. The summed E-state index contributed by atoms with van der Waals surface area (Å²) in [5.74, 6) is 1.02. The summed E-state index contributed by atoms with van der Waals surface area (Å²) in [4.78, 5) is 0. The number of nitrogens with one attached hydrogen (secondary N) is 1. The van der Waals surface area contributed by atoms with Crippen molar-refractivity contribution >= 4 is 5.84 Å². The molecule has 2 rings (SSSR count). The number of rotatable bonds is 9. The van der Waals surface area contributed by atoms with Crippen molar-refractivity contribution in [2.75, 3.05) is 6.61 Å². The quantitative estimate of drug-likeness (QED) is 0.389. The summed E-state index contributed by atoms with van der Waals surface area (Å²) in [6, 6.07) is 15.9. The Labute approximate surface area is 139 Å². The van der Waals surface area contributed by atoms with Gasteiger partial charge in [0, 0.05) is 5.56 Å². The second kappa shape index (κ2) is 8.99. The van der Waals surface area contributed by atoms with Gasteiger partial charge in [-0.05, 0) is 29.7 Å². The van der Waals surface area contributed by atoms with E-state index in [-0.39, 0.29) is 5.84 Å². The Morgan fingerprint density at radius 2 is 1.43 bits per heavy atom. The summed E-state index contributed by atoms with van der Waals surface area (Å²) >= 11 is 0. The highest BCUT2D eigenvalue weighted by molar-refractivity contribution is 5.95. The molecule has 0 saturated heterocycles. The summed E-state index contributed by atoms with van der Waals surface area (Å²) in [6.45, 7) is 3.02. The molecule has 0 heterocycles. The first-order chi connectivity index (χ1) is 11.2. The monoisotopic (exact) mass is 310 g/mol. The Morgan fingerprint density at radius 1 is 0.870 bits per heavy atom. The Hall–Kier alpha value is -2.29. The molecule has 0 saturated carbocycles. The topological polar surface area (TPSA) is 59.1 Å². The first-order valence-corrected chi connectivity index (χ1v) is 8.38. The van der Waals surface area contributed by atoms with Crippen LogP contribution in [0.25, 0.3) is 11.1 Å². The Kier molecular flexibility index (Phi) is 6.67. The summed E-state index contributed by atoms with van der Waals surface area (Å²) in [5.41, 5.74) is 8.47. The molecule has 3 N–H and O–H groups in total. The third-order valence-corrected chi connectivity index (χ3v) is 3.90. The third kappa shape index (κ3) is 5.44. The molecule has 0 fully saturated rings. The van der Waals surface area contributed by atoms with Crippen LogP contribution in [0.15, 0.2) is 48.5 Å². The lowest BCUT2D eigenvalue weighted by Crippen LogP contribution is -2.10. The van der Waals surface area contributed by atoms with Crippen LogP contribution in [0.2, 0.25) is 0 Å². The van der Waals surface area contributed by atoms with Crippen LogP contribution in [-0.2, 0) is 0 Å². The maximum atomic E-state index is 7.42. The van der Waals surface area contributed by atoms with E-state index in [1.807, 2.05) is 36.4 Å². The molecule has 3 heteroatoms. The zero-order chi connectivity index (χ0) is 16.5. The van der Waals surface area contributed by atoms with Crippen LogP contribution in [0.1, 0.15) is 44.6 Å². The van der Waals surface area contributed by atoms with Crippen LogP contribution in [0.3, 0.4) is 0 Å². The molecule has 122 valence electrons. The van der Waals surface area contributed by atoms with Crippen molar-refractivity contribution in [3.05, 3.63) is 54.1 Å². The standard InChI is InChI=1S/C20H26N2O/c1-2-3-4-5-6-15-23-19-13-11-17(12-14-19)16-7-9-18(10-8-16)20(21)22/h7-14H,2-6,15H2,1H3,(H3,21,22). The molecule has 0 aliphatic heterocycles. The summed E-state index contributed by atoms with van der Waals surface area (Å²) < 4.78 is 5.78. The maximum absolute atomic E-state index is 7.42. The van der Waals surface area contributed by atoms with E-state index >= 15 is 0 Å². The van der Waals surface area contributed by atoms with E-state index in [2.05, 4.69) is 19.1 Å². The number of nitrogen functional groups attached to an aromatic ring is 1. The molecule has 0 radical (unpaired) electrons. The summed E-state index contributed by atoms with van der Waals surface area (Å²) in [6.07, 6.45) is 6.25.